The number of hydrogen-bond acceptors (Lipinski definition) is 6. The highest BCUT2D eigenvalue weighted by atomic mass is 16.5. The van der Waals surface area contributed by atoms with E-state index in [9.17, 15) is 4.79 Å². The van der Waals surface area contributed by atoms with Gasteiger partial charge in [0, 0.05) is 6.07 Å². The highest BCUT2D eigenvalue weighted by molar-refractivity contribution is 5.64. The van der Waals surface area contributed by atoms with E-state index in [1.165, 1.54) is 6.08 Å². The SMILES string of the molecule is Cc1ccc(N=C=Nc2ccc(C)c(OC#N)c2)cc1N=C=O. The molecule has 0 aliphatic heterocycles. The van der Waals surface area contributed by atoms with Gasteiger partial charge in [-0.15, -0.1) is 5.26 Å². The van der Waals surface area contributed by atoms with E-state index in [1.54, 1.807) is 42.7 Å². The summed E-state index contributed by atoms with van der Waals surface area (Å²) >= 11 is 0. The molecule has 112 valence electrons. The number of nitriles is 1. The van der Waals surface area contributed by atoms with Gasteiger partial charge in [0.25, 0.3) is 6.26 Å². The van der Waals surface area contributed by atoms with Gasteiger partial charge in [0.15, 0.2) is 0 Å². The zero-order valence-electron chi connectivity index (χ0n) is 12.6. The highest BCUT2D eigenvalue weighted by Gasteiger charge is 2.01. The van der Waals surface area contributed by atoms with Gasteiger partial charge >= 0.3 is 0 Å². The molecule has 6 nitrogen and oxygen atoms in total. The molecular formula is C17H12N4O2. The van der Waals surface area contributed by atoms with Crippen LogP contribution in [0.1, 0.15) is 11.1 Å². The van der Waals surface area contributed by atoms with Crippen LogP contribution in [-0.4, -0.2) is 12.1 Å². The average molecular weight is 304 g/mol. The molecule has 0 N–H and O–H groups in total. The van der Waals surface area contributed by atoms with Crippen LogP contribution < -0.4 is 4.74 Å². The molecule has 2 rings (SSSR count). The van der Waals surface area contributed by atoms with E-state index >= 15 is 0 Å². The molecule has 6 heteroatoms. The Hall–Kier alpha value is -3.51. The van der Waals surface area contributed by atoms with E-state index in [4.69, 9.17) is 10.00 Å². The molecular weight excluding hydrogens is 292 g/mol. The molecule has 23 heavy (non-hydrogen) atoms. The summed E-state index contributed by atoms with van der Waals surface area (Å²) in [5.74, 6) is 0.438. The van der Waals surface area contributed by atoms with Crippen molar-refractivity contribution < 1.29 is 9.53 Å². The molecule has 0 spiro atoms. The standard InChI is InChI=1S/C17H12N4O2/c1-12-3-5-14(7-16(12)21-11-22)19-10-20-15-6-4-13(2)17(8-15)23-9-18/h3-8H,1-2H3. The van der Waals surface area contributed by atoms with Crippen molar-refractivity contribution in [1.82, 2.24) is 0 Å². The van der Waals surface area contributed by atoms with E-state index in [1.807, 2.05) is 13.8 Å². The van der Waals surface area contributed by atoms with Crippen LogP contribution in [0.4, 0.5) is 17.1 Å². The zero-order valence-corrected chi connectivity index (χ0v) is 12.6. The lowest BCUT2D eigenvalue weighted by Crippen LogP contribution is -1.85. The third-order valence-electron chi connectivity index (χ3n) is 3.04. The molecule has 2 aromatic rings. The number of aryl methyl sites for hydroxylation is 2. The predicted molar refractivity (Wildman–Crippen MR) is 85.6 cm³/mol. The Kier molecular flexibility index (Phi) is 5.16. The van der Waals surface area contributed by atoms with Crippen molar-refractivity contribution in [2.75, 3.05) is 0 Å². The lowest BCUT2D eigenvalue weighted by atomic mass is 10.2. The van der Waals surface area contributed by atoms with E-state index in [0.717, 1.165) is 11.1 Å². The van der Waals surface area contributed by atoms with Gasteiger partial charge in [-0.3, -0.25) is 0 Å². The summed E-state index contributed by atoms with van der Waals surface area (Å²) < 4.78 is 4.84. The fourth-order valence-corrected chi connectivity index (χ4v) is 1.79. The fraction of sp³-hybridized carbons (Fsp3) is 0.118. The molecule has 0 aliphatic carbocycles. The fourth-order valence-electron chi connectivity index (χ4n) is 1.79. The Morgan fingerprint density at radius 2 is 1.61 bits per heavy atom. The topological polar surface area (TPSA) is 87.2 Å². The largest absolute Gasteiger partial charge is 0.388 e. The minimum atomic E-state index is 0.438. The molecule has 0 heterocycles. The van der Waals surface area contributed by atoms with Crippen molar-refractivity contribution in [3.63, 3.8) is 0 Å². The van der Waals surface area contributed by atoms with Gasteiger partial charge in [0.2, 0.25) is 6.08 Å². The van der Waals surface area contributed by atoms with Gasteiger partial charge in [0.05, 0.1) is 17.1 Å². The van der Waals surface area contributed by atoms with Gasteiger partial charge in [-0.05, 0) is 43.2 Å². The summed E-state index contributed by atoms with van der Waals surface area (Å²) in [5, 5.41) is 8.58. The van der Waals surface area contributed by atoms with E-state index in [0.29, 0.717) is 22.8 Å². The highest BCUT2D eigenvalue weighted by Crippen LogP contribution is 2.25. The lowest BCUT2D eigenvalue weighted by molar-refractivity contribution is 0.503. The Morgan fingerprint density at radius 3 is 2.26 bits per heavy atom. The summed E-state index contributed by atoms with van der Waals surface area (Å²) in [5.41, 5.74) is 3.30. The van der Waals surface area contributed by atoms with Gasteiger partial charge in [-0.2, -0.15) is 15.0 Å². The third-order valence-corrected chi connectivity index (χ3v) is 3.04. The quantitative estimate of drug-likeness (QED) is 0.480. The number of nitrogens with zero attached hydrogens (tertiary/aromatic N) is 4. The molecule has 0 saturated heterocycles. The van der Waals surface area contributed by atoms with Crippen LogP contribution >= 0.6 is 0 Å². The number of carbonyl (C=O) groups excluding carboxylic acids is 1. The molecule has 0 unspecified atom stereocenters. The van der Waals surface area contributed by atoms with Crippen LogP contribution in [0.2, 0.25) is 0 Å². The smallest absolute Gasteiger partial charge is 0.292 e. The first-order valence-corrected chi connectivity index (χ1v) is 6.65. The molecule has 0 atom stereocenters. The summed E-state index contributed by atoms with van der Waals surface area (Å²) in [6.07, 6.45) is 3.14. The third kappa shape index (κ3) is 4.23. The summed E-state index contributed by atoms with van der Waals surface area (Å²) in [7, 11) is 0. The first kappa shape index (κ1) is 15.9. The molecule has 0 bridgehead atoms. The lowest BCUT2D eigenvalue weighted by Gasteiger charge is -2.01. The molecule has 0 fully saturated rings. The number of hydrogen-bond donors (Lipinski definition) is 0. The molecule has 0 radical (unpaired) electrons. The first-order chi connectivity index (χ1) is 11.1. The Labute approximate surface area is 133 Å². The number of isocyanates is 1. The van der Waals surface area contributed by atoms with E-state index in [2.05, 4.69) is 21.0 Å². The van der Waals surface area contributed by atoms with Crippen LogP contribution in [-0.2, 0) is 4.79 Å². The van der Waals surface area contributed by atoms with Crippen LogP contribution in [0.25, 0.3) is 0 Å². The van der Waals surface area contributed by atoms with Crippen molar-refractivity contribution in [2.24, 2.45) is 15.0 Å². The minimum absolute atomic E-state index is 0.438. The van der Waals surface area contributed by atoms with Crippen molar-refractivity contribution >= 4 is 29.2 Å². The monoisotopic (exact) mass is 304 g/mol. The second-order valence-electron chi connectivity index (χ2n) is 4.64. The predicted octanol–water partition coefficient (Wildman–Crippen LogP) is 4.27. The normalized spacial score (nSPS) is 9.09. The van der Waals surface area contributed by atoms with E-state index < -0.39 is 0 Å². The van der Waals surface area contributed by atoms with Gasteiger partial charge in [0.1, 0.15) is 11.8 Å². The van der Waals surface area contributed by atoms with Crippen LogP contribution in [0.15, 0.2) is 51.4 Å². The maximum absolute atomic E-state index is 10.4. The van der Waals surface area contributed by atoms with Crippen LogP contribution in [0.5, 0.6) is 5.75 Å². The summed E-state index contributed by atoms with van der Waals surface area (Å²) in [6.45, 7) is 3.66. The zero-order chi connectivity index (χ0) is 16.7. The average Bonchev–Trinajstić information content (AvgIpc) is 2.54. The maximum Gasteiger partial charge on any atom is 0.292 e. The van der Waals surface area contributed by atoms with Crippen LogP contribution in [0.3, 0.4) is 0 Å². The summed E-state index contributed by atoms with van der Waals surface area (Å²) in [6, 6.07) is 12.9. The molecule has 2 aromatic carbocycles. The van der Waals surface area contributed by atoms with Crippen molar-refractivity contribution in [2.45, 2.75) is 13.8 Å². The van der Waals surface area contributed by atoms with Crippen molar-refractivity contribution in [1.29, 1.82) is 5.26 Å². The Bertz CT molecular complexity index is 884. The number of ether oxygens (including phenoxy) is 1. The van der Waals surface area contributed by atoms with Crippen LogP contribution in [0, 0.1) is 25.4 Å². The molecule has 0 saturated carbocycles. The van der Waals surface area contributed by atoms with Gasteiger partial charge in [-0.1, -0.05) is 12.1 Å². The first-order valence-electron chi connectivity index (χ1n) is 6.65. The van der Waals surface area contributed by atoms with E-state index in [-0.39, 0.29) is 0 Å². The van der Waals surface area contributed by atoms with Gasteiger partial charge in [-0.25, -0.2) is 4.79 Å². The molecule has 0 amide bonds. The minimum Gasteiger partial charge on any atom is -0.388 e. The second kappa shape index (κ2) is 7.48. The van der Waals surface area contributed by atoms with Crippen molar-refractivity contribution in [3.05, 3.63) is 47.5 Å². The van der Waals surface area contributed by atoms with Crippen molar-refractivity contribution in [3.8, 4) is 12.0 Å². The Balaban J connectivity index is 2.28. The second-order valence-corrected chi connectivity index (χ2v) is 4.64. The Morgan fingerprint density at radius 1 is 0.957 bits per heavy atom. The van der Waals surface area contributed by atoms with Gasteiger partial charge < -0.3 is 4.74 Å². The number of rotatable bonds is 4. The maximum atomic E-state index is 10.4. The molecule has 0 aromatic heterocycles. The summed E-state index contributed by atoms with van der Waals surface area (Å²) in [4.78, 5) is 22.1. The number of aliphatic imine (C=N–C) groups is 3. The molecule has 0 aliphatic rings. The number of benzene rings is 2.